The molecule has 0 unspecified atom stereocenters. The van der Waals surface area contributed by atoms with Crippen molar-refractivity contribution in [1.82, 2.24) is 0 Å². The molecular formula is C13H11ClN2OS2. The monoisotopic (exact) mass is 310 g/mol. The van der Waals surface area contributed by atoms with Crippen LogP contribution in [0.5, 0.6) is 0 Å². The van der Waals surface area contributed by atoms with Gasteiger partial charge in [0.2, 0.25) is 0 Å². The van der Waals surface area contributed by atoms with Crippen LogP contribution in [0.4, 0.5) is 5.00 Å². The molecule has 98 valence electrons. The summed E-state index contributed by atoms with van der Waals surface area (Å²) in [4.78, 5) is 13.7. The standard InChI is InChI=1S/C13H11ClN2OS2/c1-3-8-7(2)18-13(9(8)6-15)16-12(17)10-4-5-11(14)19-10/h4-5H,3H2,1-2H3,(H,16,17). The van der Waals surface area contributed by atoms with Crippen molar-refractivity contribution in [2.45, 2.75) is 20.3 Å². The highest BCUT2D eigenvalue weighted by molar-refractivity contribution is 7.18. The van der Waals surface area contributed by atoms with Crippen LogP contribution in [-0.4, -0.2) is 5.91 Å². The summed E-state index contributed by atoms with van der Waals surface area (Å²) in [5.74, 6) is -0.225. The molecule has 2 aromatic heterocycles. The van der Waals surface area contributed by atoms with Crippen molar-refractivity contribution in [2.75, 3.05) is 5.32 Å². The van der Waals surface area contributed by atoms with Crippen molar-refractivity contribution < 1.29 is 4.79 Å². The molecule has 0 aliphatic carbocycles. The quantitative estimate of drug-likeness (QED) is 0.910. The van der Waals surface area contributed by atoms with Crippen molar-refractivity contribution in [3.05, 3.63) is 37.4 Å². The van der Waals surface area contributed by atoms with E-state index < -0.39 is 0 Å². The first kappa shape index (κ1) is 14.1. The van der Waals surface area contributed by atoms with E-state index in [1.165, 1.54) is 22.7 Å². The van der Waals surface area contributed by atoms with E-state index in [1.807, 2.05) is 13.8 Å². The average molecular weight is 311 g/mol. The molecule has 0 fully saturated rings. The minimum atomic E-state index is -0.225. The van der Waals surface area contributed by atoms with Crippen LogP contribution in [0.2, 0.25) is 4.34 Å². The lowest BCUT2D eigenvalue weighted by Crippen LogP contribution is -2.09. The summed E-state index contributed by atoms with van der Waals surface area (Å²) in [6, 6.07) is 5.53. The summed E-state index contributed by atoms with van der Waals surface area (Å²) >= 11 is 8.46. The number of hydrogen-bond acceptors (Lipinski definition) is 4. The number of amides is 1. The van der Waals surface area contributed by atoms with Gasteiger partial charge in [-0.15, -0.1) is 22.7 Å². The van der Waals surface area contributed by atoms with E-state index in [0.29, 0.717) is 19.8 Å². The maximum atomic E-state index is 12.0. The first-order chi connectivity index (χ1) is 9.06. The molecule has 0 spiro atoms. The summed E-state index contributed by atoms with van der Waals surface area (Å²) in [5.41, 5.74) is 1.58. The van der Waals surface area contributed by atoms with Crippen LogP contribution in [-0.2, 0) is 6.42 Å². The SMILES string of the molecule is CCc1c(C)sc(NC(=O)c2ccc(Cl)s2)c1C#N. The molecule has 3 nitrogen and oxygen atoms in total. The molecule has 2 rings (SSSR count). The number of carbonyl (C=O) groups is 1. The molecule has 2 aromatic rings. The van der Waals surface area contributed by atoms with Crippen molar-refractivity contribution in [2.24, 2.45) is 0 Å². The van der Waals surface area contributed by atoms with Gasteiger partial charge in [0.1, 0.15) is 11.1 Å². The van der Waals surface area contributed by atoms with Gasteiger partial charge in [-0.2, -0.15) is 5.26 Å². The van der Waals surface area contributed by atoms with Crippen molar-refractivity contribution >= 4 is 45.2 Å². The van der Waals surface area contributed by atoms with Crippen molar-refractivity contribution in [3.63, 3.8) is 0 Å². The summed E-state index contributed by atoms with van der Waals surface area (Å²) in [7, 11) is 0. The third-order valence-corrected chi connectivity index (χ3v) is 4.99. The van der Waals surface area contributed by atoms with Crippen molar-refractivity contribution in [3.8, 4) is 6.07 Å². The Morgan fingerprint density at radius 3 is 2.74 bits per heavy atom. The van der Waals surface area contributed by atoms with Gasteiger partial charge in [0.25, 0.3) is 5.91 Å². The fraction of sp³-hybridized carbons (Fsp3) is 0.231. The predicted octanol–water partition coefficient (Wildman–Crippen LogP) is 4.46. The zero-order chi connectivity index (χ0) is 14.0. The third kappa shape index (κ3) is 2.81. The minimum absolute atomic E-state index is 0.225. The number of halogens is 1. The maximum Gasteiger partial charge on any atom is 0.266 e. The molecular weight excluding hydrogens is 300 g/mol. The topological polar surface area (TPSA) is 52.9 Å². The molecule has 0 bridgehead atoms. The Hall–Kier alpha value is -1.35. The smallest absolute Gasteiger partial charge is 0.266 e. The largest absolute Gasteiger partial charge is 0.312 e. The van der Waals surface area contributed by atoms with Gasteiger partial charge in [0.15, 0.2) is 0 Å². The Labute approximate surface area is 124 Å². The highest BCUT2D eigenvalue weighted by Crippen LogP contribution is 2.33. The fourth-order valence-electron chi connectivity index (χ4n) is 1.81. The van der Waals surface area contributed by atoms with E-state index in [0.717, 1.165) is 16.9 Å². The fourth-order valence-corrected chi connectivity index (χ4v) is 3.84. The number of carbonyl (C=O) groups excluding carboxylic acids is 1. The number of nitrogens with zero attached hydrogens (tertiary/aromatic N) is 1. The lowest BCUT2D eigenvalue weighted by molar-refractivity contribution is 0.103. The van der Waals surface area contributed by atoms with E-state index in [-0.39, 0.29) is 5.91 Å². The van der Waals surface area contributed by atoms with Gasteiger partial charge in [-0.3, -0.25) is 4.79 Å². The molecule has 6 heteroatoms. The second-order valence-corrected chi connectivity index (χ2v) is 6.80. The van der Waals surface area contributed by atoms with E-state index >= 15 is 0 Å². The summed E-state index contributed by atoms with van der Waals surface area (Å²) in [6.07, 6.45) is 0.784. The van der Waals surface area contributed by atoms with Crippen LogP contribution in [0.1, 0.15) is 32.6 Å². The van der Waals surface area contributed by atoms with Gasteiger partial charge in [-0.1, -0.05) is 18.5 Å². The first-order valence-corrected chi connectivity index (χ1v) is 7.67. The molecule has 0 saturated carbocycles. The zero-order valence-electron chi connectivity index (χ0n) is 10.4. The second-order valence-electron chi connectivity index (χ2n) is 3.86. The van der Waals surface area contributed by atoms with Gasteiger partial charge in [0.05, 0.1) is 14.8 Å². The van der Waals surface area contributed by atoms with E-state index in [2.05, 4.69) is 11.4 Å². The lowest BCUT2D eigenvalue weighted by atomic mass is 10.1. The first-order valence-electron chi connectivity index (χ1n) is 5.65. The van der Waals surface area contributed by atoms with Gasteiger partial charge in [0, 0.05) is 4.88 Å². The van der Waals surface area contributed by atoms with Crippen LogP contribution in [0, 0.1) is 18.3 Å². The Morgan fingerprint density at radius 1 is 1.47 bits per heavy atom. The Balaban J connectivity index is 2.29. The molecule has 0 aliphatic heterocycles. The van der Waals surface area contributed by atoms with Crippen molar-refractivity contribution in [1.29, 1.82) is 5.26 Å². The summed E-state index contributed by atoms with van der Waals surface area (Å²) in [6.45, 7) is 3.96. The van der Waals surface area contributed by atoms with Gasteiger partial charge in [-0.25, -0.2) is 0 Å². The number of aryl methyl sites for hydroxylation is 1. The number of nitriles is 1. The third-order valence-electron chi connectivity index (χ3n) is 2.70. The highest BCUT2D eigenvalue weighted by Gasteiger charge is 2.17. The van der Waals surface area contributed by atoms with Crippen LogP contribution < -0.4 is 5.32 Å². The molecule has 1 N–H and O–H groups in total. The molecule has 0 aliphatic rings. The van der Waals surface area contributed by atoms with Crippen LogP contribution in [0.25, 0.3) is 0 Å². The molecule has 2 heterocycles. The Kier molecular flexibility index (Phi) is 4.25. The number of nitrogens with one attached hydrogen (secondary N) is 1. The van der Waals surface area contributed by atoms with E-state index in [4.69, 9.17) is 11.6 Å². The normalized spacial score (nSPS) is 10.2. The zero-order valence-corrected chi connectivity index (χ0v) is 12.8. The molecule has 1 amide bonds. The minimum Gasteiger partial charge on any atom is -0.312 e. The lowest BCUT2D eigenvalue weighted by Gasteiger charge is -2.01. The Morgan fingerprint density at radius 2 is 2.21 bits per heavy atom. The van der Waals surface area contributed by atoms with Crippen LogP contribution >= 0.6 is 34.3 Å². The van der Waals surface area contributed by atoms with Gasteiger partial charge < -0.3 is 5.32 Å². The average Bonchev–Trinajstić information content (AvgIpc) is 2.92. The molecule has 0 saturated heterocycles. The maximum absolute atomic E-state index is 12.0. The number of rotatable bonds is 3. The predicted molar refractivity (Wildman–Crippen MR) is 80.4 cm³/mol. The Bertz CT molecular complexity index is 667. The number of anilines is 1. The van der Waals surface area contributed by atoms with Crippen LogP contribution in [0.3, 0.4) is 0 Å². The summed E-state index contributed by atoms with van der Waals surface area (Å²) < 4.78 is 0.572. The van der Waals surface area contributed by atoms with E-state index in [1.54, 1.807) is 12.1 Å². The summed E-state index contributed by atoms with van der Waals surface area (Å²) in [5, 5.41) is 12.6. The molecule has 0 atom stereocenters. The van der Waals surface area contributed by atoms with Gasteiger partial charge in [-0.05, 0) is 31.0 Å². The van der Waals surface area contributed by atoms with Gasteiger partial charge >= 0.3 is 0 Å². The molecule has 0 radical (unpaired) electrons. The second kappa shape index (κ2) is 5.74. The number of thiophene rings is 2. The van der Waals surface area contributed by atoms with E-state index in [9.17, 15) is 10.1 Å². The van der Waals surface area contributed by atoms with Crippen LogP contribution in [0.15, 0.2) is 12.1 Å². The molecule has 0 aromatic carbocycles. The number of hydrogen-bond donors (Lipinski definition) is 1. The highest BCUT2D eigenvalue weighted by atomic mass is 35.5. The molecule has 19 heavy (non-hydrogen) atoms.